The molecule has 0 aromatic heterocycles. The lowest BCUT2D eigenvalue weighted by atomic mass is 9.86. The molecule has 1 aromatic rings. The summed E-state index contributed by atoms with van der Waals surface area (Å²) in [4.78, 5) is 26.3. The fourth-order valence-electron chi connectivity index (χ4n) is 4.92. The highest BCUT2D eigenvalue weighted by Crippen LogP contribution is 2.32. The zero-order chi connectivity index (χ0) is 23.2. The van der Waals surface area contributed by atoms with Gasteiger partial charge in [0.15, 0.2) is 6.79 Å². The Hall–Kier alpha value is -2.60. The van der Waals surface area contributed by atoms with Crippen molar-refractivity contribution >= 4 is 12.0 Å². The fourth-order valence-corrected chi connectivity index (χ4v) is 4.92. The molecule has 2 aliphatic carbocycles. The number of ether oxygens (including phenoxy) is 3. The van der Waals surface area contributed by atoms with Crippen LogP contribution in [0.3, 0.4) is 0 Å². The van der Waals surface area contributed by atoms with E-state index >= 15 is 0 Å². The van der Waals surface area contributed by atoms with Crippen molar-refractivity contribution in [3.63, 3.8) is 0 Å². The van der Waals surface area contributed by atoms with E-state index in [1.165, 1.54) is 23.3 Å². The number of imide groups is 1. The molecule has 1 aliphatic heterocycles. The Kier molecular flexibility index (Phi) is 7.86. The summed E-state index contributed by atoms with van der Waals surface area (Å²) in [5.74, 6) is 0.978. The van der Waals surface area contributed by atoms with Gasteiger partial charge in [-0.3, -0.25) is 4.79 Å². The first-order valence-corrected chi connectivity index (χ1v) is 12.1. The maximum absolute atomic E-state index is 12.6. The van der Waals surface area contributed by atoms with Crippen LogP contribution in [-0.2, 0) is 14.3 Å². The average molecular weight is 454 g/mol. The van der Waals surface area contributed by atoms with E-state index in [1.54, 1.807) is 0 Å². The van der Waals surface area contributed by atoms with Crippen molar-refractivity contribution < 1.29 is 23.8 Å². The number of likely N-dealkylation sites (tertiary alicyclic amines) is 1. The molecule has 6 nitrogen and oxygen atoms in total. The molecule has 0 N–H and O–H groups in total. The summed E-state index contributed by atoms with van der Waals surface area (Å²) in [7, 11) is 0. The minimum absolute atomic E-state index is 0.0606. The predicted molar refractivity (Wildman–Crippen MR) is 126 cm³/mol. The monoisotopic (exact) mass is 453 g/mol. The largest absolute Gasteiger partial charge is 0.468 e. The number of nitrogens with zero attached hydrogens (tertiary/aromatic N) is 1. The molecule has 1 heterocycles. The van der Waals surface area contributed by atoms with E-state index < -0.39 is 6.09 Å². The second-order valence-corrected chi connectivity index (χ2v) is 9.55. The van der Waals surface area contributed by atoms with Crippen LogP contribution in [0.25, 0.3) is 0 Å². The molecule has 2 atom stereocenters. The molecule has 3 aliphatic rings. The smallest absolute Gasteiger partial charge is 0.416 e. The van der Waals surface area contributed by atoms with Crippen LogP contribution in [0.4, 0.5) is 4.79 Å². The minimum atomic E-state index is -0.553. The average Bonchev–Trinajstić information content (AvgIpc) is 3.48. The van der Waals surface area contributed by atoms with Gasteiger partial charge in [-0.2, -0.15) is 0 Å². The van der Waals surface area contributed by atoms with Crippen LogP contribution in [0.15, 0.2) is 48.1 Å². The second-order valence-electron chi connectivity index (χ2n) is 9.55. The maximum atomic E-state index is 12.6. The van der Waals surface area contributed by atoms with E-state index in [-0.39, 0.29) is 25.2 Å². The number of carbonyl (C=O) groups excluding carboxylic acids is 2. The van der Waals surface area contributed by atoms with Crippen LogP contribution in [0.1, 0.15) is 69.8 Å². The van der Waals surface area contributed by atoms with E-state index in [4.69, 9.17) is 14.2 Å². The molecular weight excluding hydrogens is 418 g/mol. The first-order chi connectivity index (χ1) is 16.0. The van der Waals surface area contributed by atoms with Gasteiger partial charge in [-0.05, 0) is 68.2 Å². The van der Waals surface area contributed by atoms with Crippen molar-refractivity contribution in [1.82, 2.24) is 4.90 Å². The van der Waals surface area contributed by atoms with Crippen LogP contribution in [0, 0.1) is 5.92 Å². The molecule has 2 unspecified atom stereocenters. The van der Waals surface area contributed by atoms with Crippen LogP contribution in [0.5, 0.6) is 5.75 Å². The van der Waals surface area contributed by atoms with Gasteiger partial charge in [0, 0.05) is 18.9 Å². The van der Waals surface area contributed by atoms with Crippen LogP contribution < -0.4 is 4.74 Å². The van der Waals surface area contributed by atoms with Crippen molar-refractivity contribution in [3.05, 3.63) is 53.6 Å². The highest BCUT2D eigenvalue weighted by Gasteiger charge is 2.36. The van der Waals surface area contributed by atoms with Gasteiger partial charge in [-0.25, -0.2) is 9.69 Å². The lowest BCUT2D eigenvalue weighted by molar-refractivity contribution is -0.126. The summed E-state index contributed by atoms with van der Waals surface area (Å²) in [5.41, 5.74) is 3.30. The molecule has 0 radical (unpaired) electrons. The number of hydrogen-bond donors (Lipinski definition) is 0. The van der Waals surface area contributed by atoms with Gasteiger partial charge in [-0.1, -0.05) is 43.2 Å². The molecule has 0 bridgehead atoms. The van der Waals surface area contributed by atoms with Crippen molar-refractivity contribution in [2.45, 2.75) is 70.3 Å². The Balaban J connectivity index is 1.26. The Morgan fingerprint density at radius 3 is 2.76 bits per heavy atom. The summed E-state index contributed by atoms with van der Waals surface area (Å²) >= 11 is 0. The number of allylic oxidation sites excluding steroid dienone is 2. The third-order valence-electron chi connectivity index (χ3n) is 7.09. The molecule has 0 spiro atoms. The molecule has 2 amide bonds. The van der Waals surface area contributed by atoms with Gasteiger partial charge in [0.1, 0.15) is 12.4 Å². The standard InChI is InChI=1S/C27H35NO5/c1-19(2)21-12-10-20(11-13-21)17-31-27(30)28-16-23(15-26(28)29)22-6-5-9-25(14-22)33-18-32-24-7-3-4-8-24/h5-6,9-10,14,21,23-24H,1,3-4,7-8,11-13,15-18H2,2H3. The Morgan fingerprint density at radius 2 is 2.03 bits per heavy atom. The summed E-state index contributed by atoms with van der Waals surface area (Å²) in [6.07, 6.45) is 9.72. The summed E-state index contributed by atoms with van der Waals surface area (Å²) < 4.78 is 17.0. The van der Waals surface area contributed by atoms with Crippen molar-refractivity contribution in [2.24, 2.45) is 5.92 Å². The summed E-state index contributed by atoms with van der Waals surface area (Å²) in [6.45, 7) is 6.91. The molecule has 2 fully saturated rings. The lowest BCUT2D eigenvalue weighted by Crippen LogP contribution is -2.33. The molecule has 1 saturated heterocycles. The zero-order valence-corrected chi connectivity index (χ0v) is 19.6. The number of hydrogen-bond acceptors (Lipinski definition) is 5. The van der Waals surface area contributed by atoms with Gasteiger partial charge < -0.3 is 14.2 Å². The van der Waals surface area contributed by atoms with E-state index in [1.807, 2.05) is 24.3 Å². The van der Waals surface area contributed by atoms with E-state index in [0.717, 1.165) is 49.0 Å². The Labute approximate surface area is 196 Å². The fraction of sp³-hybridized carbons (Fsp3) is 0.556. The molecule has 33 heavy (non-hydrogen) atoms. The first kappa shape index (κ1) is 23.6. The van der Waals surface area contributed by atoms with Crippen molar-refractivity contribution in [2.75, 3.05) is 19.9 Å². The molecule has 178 valence electrons. The van der Waals surface area contributed by atoms with E-state index in [9.17, 15) is 9.59 Å². The third kappa shape index (κ3) is 6.26. The second kappa shape index (κ2) is 11.0. The van der Waals surface area contributed by atoms with Gasteiger partial charge >= 0.3 is 6.09 Å². The molecule has 4 rings (SSSR count). The molecule has 1 aromatic carbocycles. The quantitative estimate of drug-likeness (QED) is 0.371. The van der Waals surface area contributed by atoms with E-state index in [2.05, 4.69) is 19.6 Å². The maximum Gasteiger partial charge on any atom is 0.416 e. The molecular formula is C27H35NO5. The number of carbonyl (C=O) groups is 2. The lowest BCUT2D eigenvalue weighted by Gasteiger charge is -2.22. The highest BCUT2D eigenvalue weighted by atomic mass is 16.7. The van der Waals surface area contributed by atoms with Crippen molar-refractivity contribution in [1.29, 1.82) is 0 Å². The van der Waals surface area contributed by atoms with Crippen LogP contribution in [-0.4, -0.2) is 42.9 Å². The topological polar surface area (TPSA) is 65.1 Å². The highest BCUT2D eigenvalue weighted by molar-refractivity contribution is 5.94. The SMILES string of the molecule is C=C(C)C1CC=C(COC(=O)N2CC(c3cccc(OCOC4CCCC4)c3)CC2=O)CC1. The number of rotatable bonds is 8. The molecule has 6 heteroatoms. The Bertz CT molecular complexity index is 902. The van der Waals surface area contributed by atoms with Gasteiger partial charge in [0.25, 0.3) is 0 Å². The predicted octanol–water partition coefficient (Wildman–Crippen LogP) is 5.74. The summed E-state index contributed by atoms with van der Waals surface area (Å²) in [5, 5.41) is 0. The third-order valence-corrected chi connectivity index (χ3v) is 7.09. The van der Waals surface area contributed by atoms with Crippen LogP contribution >= 0.6 is 0 Å². The number of benzene rings is 1. The van der Waals surface area contributed by atoms with Crippen molar-refractivity contribution in [3.8, 4) is 5.75 Å². The minimum Gasteiger partial charge on any atom is -0.468 e. The number of amides is 2. The zero-order valence-electron chi connectivity index (χ0n) is 19.6. The summed E-state index contributed by atoms with van der Waals surface area (Å²) in [6, 6.07) is 7.72. The molecule has 1 saturated carbocycles. The van der Waals surface area contributed by atoms with E-state index in [0.29, 0.717) is 25.0 Å². The van der Waals surface area contributed by atoms with Gasteiger partial charge in [-0.15, -0.1) is 0 Å². The first-order valence-electron chi connectivity index (χ1n) is 12.1. The van der Waals surface area contributed by atoms with Gasteiger partial charge in [0.05, 0.1) is 6.10 Å². The normalized spacial score (nSPS) is 23.5. The van der Waals surface area contributed by atoms with Gasteiger partial charge in [0.2, 0.25) is 5.91 Å². The Morgan fingerprint density at radius 1 is 1.21 bits per heavy atom. The van der Waals surface area contributed by atoms with Crippen LogP contribution in [0.2, 0.25) is 0 Å².